The fourth-order valence-corrected chi connectivity index (χ4v) is 3.63. The predicted molar refractivity (Wildman–Crippen MR) is 94.0 cm³/mol. The molecule has 1 amide bonds. The second-order valence-corrected chi connectivity index (χ2v) is 7.12. The van der Waals surface area contributed by atoms with Gasteiger partial charge in [-0.2, -0.15) is 0 Å². The van der Waals surface area contributed by atoms with E-state index in [0.29, 0.717) is 22.7 Å². The molecule has 0 spiro atoms. The molecule has 0 saturated carbocycles. The molecule has 6 nitrogen and oxygen atoms in total. The van der Waals surface area contributed by atoms with Gasteiger partial charge in [0.15, 0.2) is 0 Å². The van der Waals surface area contributed by atoms with Crippen LogP contribution in [0.15, 0.2) is 41.3 Å². The molecule has 128 valence electrons. The van der Waals surface area contributed by atoms with Crippen LogP contribution >= 0.6 is 0 Å². The molecule has 0 unspecified atom stereocenters. The molecular weight excluding hydrogens is 328 g/mol. The molecule has 0 radical (unpaired) electrons. The van der Waals surface area contributed by atoms with Gasteiger partial charge in [-0.25, -0.2) is 8.42 Å². The number of rotatable bonds is 5. The summed E-state index contributed by atoms with van der Waals surface area (Å²) < 4.78 is 33.0. The Labute approximate surface area is 141 Å². The molecular formula is C17H20N2O4S. The Balaban J connectivity index is 2.36. The van der Waals surface area contributed by atoms with E-state index in [-0.39, 0.29) is 10.8 Å². The first-order valence-electron chi connectivity index (χ1n) is 7.28. The van der Waals surface area contributed by atoms with Crippen molar-refractivity contribution in [3.8, 4) is 5.75 Å². The zero-order valence-electron chi connectivity index (χ0n) is 14.0. The van der Waals surface area contributed by atoms with E-state index in [9.17, 15) is 13.2 Å². The lowest BCUT2D eigenvalue weighted by Crippen LogP contribution is -2.15. The standard InChI is InChI=1S/C17H20N2O4S/c1-11-5-6-12(2)17(9-11)24(21,22)19-14-7-8-15(18-13(3)20)16(10-14)23-4/h5-10,19H,1-4H3,(H,18,20). The molecule has 2 aromatic carbocycles. The summed E-state index contributed by atoms with van der Waals surface area (Å²) in [4.78, 5) is 11.4. The summed E-state index contributed by atoms with van der Waals surface area (Å²) in [6.07, 6.45) is 0. The predicted octanol–water partition coefficient (Wildman–Crippen LogP) is 3.07. The number of ether oxygens (including phenoxy) is 1. The van der Waals surface area contributed by atoms with E-state index < -0.39 is 10.0 Å². The maximum Gasteiger partial charge on any atom is 0.262 e. The summed E-state index contributed by atoms with van der Waals surface area (Å²) in [7, 11) is -2.27. The van der Waals surface area contributed by atoms with Crippen molar-refractivity contribution < 1.29 is 17.9 Å². The number of carbonyl (C=O) groups is 1. The molecule has 2 rings (SSSR count). The first-order valence-corrected chi connectivity index (χ1v) is 8.77. The van der Waals surface area contributed by atoms with Crippen molar-refractivity contribution in [3.63, 3.8) is 0 Å². The number of carbonyl (C=O) groups excluding carboxylic acids is 1. The van der Waals surface area contributed by atoms with Gasteiger partial charge in [-0.1, -0.05) is 12.1 Å². The van der Waals surface area contributed by atoms with E-state index >= 15 is 0 Å². The number of hydrogen-bond donors (Lipinski definition) is 2. The minimum Gasteiger partial charge on any atom is -0.494 e. The van der Waals surface area contributed by atoms with Crippen LogP contribution in [0.4, 0.5) is 11.4 Å². The van der Waals surface area contributed by atoms with Gasteiger partial charge >= 0.3 is 0 Å². The highest BCUT2D eigenvalue weighted by Crippen LogP contribution is 2.29. The van der Waals surface area contributed by atoms with Crippen molar-refractivity contribution in [2.75, 3.05) is 17.1 Å². The van der Waals surface area contributed by atoms with Crippen LogP contribution in [0.3, 0.4) is 0 Å². The maximum absolute atomic E-state index is 12.6. The van der Waals surface area contributed by atoms with Crippen LogP contribution in [-0.2, 0) is 14.8 Å². The van der Waals surface area contributed by atoms with E-state index in [0.717, 1.165) is 5.56 Å². The summed E-state index contributed by atoms with van der Waals surface area (Å²) >= 11 is 0. The summed E-state index contributed by atoms with van der Waals surface area (Å²) in [5.41, 5.74) is 2.34. The third-order valence-electron chi connectivity index (χ3n) is 3.40. The van der Waals surface area contributed by atoms with Gasteiger partial charge in [-0.15, -0.1) is 0 Å². The molecule has 24 heavy (non-hydrogen) atoms. The number of methoxy groups -OCH3 is 1. The SMILES string of the molecule is COc1cc(NS(=O)(=O)c2cc(C)ccc2C)ccc1NC(C)=O. The lowest BCUT2D eigenvalue weighted by molar-refractivity contribution is -0.114. The van der Waals surface area contributed by atoms with Crippen molar-refractivity contribution >= 4 is 27.3 Å². The monoisotopic (exact) mass is 348 g/mol. The maximum atomic E-state index is 12.6. The van der Waals surface area contributed by atoms with Crippen LogP contribution in [0.5, 0.6) is 5.75 Å². The normalized spacial score (nSPS) is 11.0. The molecule has 2 N–H and O–H groups in total. The summed E-state index contributed by atoms with van der Waals surface area (Å²) in [5.74, 6) is 0.128. The van der Waals surface area contributed by atoms with Gasteiger partial charge in [-0.3, -0.25) is 9.52 Å². The third-order valence-corrected chi connectivity index (χ3v) is 4.92. The first-order chi connectivity index (χ1) is 11.2. The van der Waals surface area contributed by atoms with Gasteiger partial charge in [0.05, 0.1) is 23.4 Å². The molecule has 0 aliphatic carbocycles. The highest BCUT2D eigenvalue weighted by Gasteiger charge is 2.18. The molecule has 0 fully saturated rings. The van der Waals surface area contributed by atoms with Gasteiger partial charge in [0.1, 0.15) is 5.75 Å². The van der Waals surface area contributed by atoms with Gasteiger partial charge < -0.3 is 10.1 Å². The van der Waals surface area contributed by atoms with E-state index in [1.54, 1.807) is 31.2 Å². The molecule has 0 saturated heterocycles. The first kappa shape index (κ1) is 17.8. The second kappa shape index (κ2) is 6.92. The number of anilines is 2. The minimum absolute atomic E-state index is 0.229. The number of benzene rings is 2. The molecule has 0 aliphatic heterocycles. The summed E-state index contributed by atoms with van der Waals surface area (Å²) in [5, 5.41) is 2.62. The Hall–Kier alpha value is -2.54. The van der Waals surface area contributed by atoms with Crippen molar-refractivity contribution in [2.24, 2.45) is 0 Å². The molecule has 7 heteroatoms. The largest absolute Gasteiger partial charge is 0.494 e. The highest BCUT2D eigenvalue weighted by atomic mass is 32.2. The molecule has 0 heterocycles. The van der Waals surface area contributed by atoms with Crippen LogP contribution in [0, 0.1) is 13.8 Å². The van der Waals surface area contributed by atoms with Crippen LogP contribution in [-0.4, -0.2) is 21.4 Å². The van der Waals surface area contributed by atoms with Crippen LogP contribution in [0.25, 0.3) is 0 Å². The third kappa shape index (κ3) is 4.05. The molecule has 0 atom stereocenters. The number of aryl methyl sites for hydroxylation is 2. The van der Waals surface area contributed by atoms with Gasteiger partial charge in [0.2, 0.25) is 5.91 Å². The van der Waals surface area contributed by atoms with Gasteiger partial charge in [0.25, 0.3) is 10.0 Å². The Morgan fingerprint density at radius 3 is 2.42 bits per heavy atom. The lowest BCUT2D eigenvalue weighted by Gasteiger charge is -2.14. The van der Waals surface area contributed by atoms with Crippen molar-refractivity contribution in [2.45, 2.75) is 25.7 Å². The van der Waals surface area contributed by atoms with Crippen molar-refractivity contribution in [1.82, 2.24) is 0 Å². The fraction of sp³-hybridized carbons (Fsp3) is 0.235. The minimum atomic E-state index is -3.72. The average molecular weight is 348 g/mol. The second-order valence-electron chi connectivity index (χ2n) is 5.47. The Morgan fingerprint density at radius 1 is 1.08 bits per heavy atom. The summed E-state index contributed by atoms with van der Waals surface area (Å²) in [6, 6.07) is 9.93. The quantitative estimate of drug-likeness (QED) is 0.870. The Kier molecular flexibility index (Phi) is 5.14. The molecule has 0 aromatic heterocycles. The molecule has 2 aromatic rings. The van der Waals surface area contributed by atoms with Crippen LogP contribution in [0.1, 0.15) is 18.1 Å². The van der Waals surface area contributed by atoms with Crippen molar-refractivity contribution in [1.29, 1.82) is 0 Å². The lowest BCUT2D eigenvalue weighted by atomic mass is 10.2. The van der Waals surface area contributed by atoms with Crippen LogP contribution in [0.2, 0.25) is 0 Å². The Morgan fingerprint density at radius 2 is 1.79 bits per heavy atom. The Bertz CT molecular complexity index is 876. The van der Waals surface area contributed by atoms with Crippen LogP contribution < -0.4 is 14.8 Å². The molecule has 0 aliphatic rings. The number of nitrogens with one attached hydrogen (secondary N) is 2. The van der Waals surface area contributed by atoms with Gasteiger partial charge in [-0.05, 0) is 43.2 Å². The van der Waals surface area contributed by atoms with E-state index in [4.69, 9.17) is 4.74 Å². The fourth-order valence-electron chi connectivity index (χ4n) is 2.25. The molecule has 0 bridgehead atoms. The zero-order chi connectivity index (χ0) is 17.9. The number of hydrogen-bond acceptors (Lipinski definition) is 4. The van der Waals surface area contributed by atoms with E-state index in [1.807, 2.05) is 13.0 Å². The topological polar surface area (TPSA) is 84.5 Å². The number of sulfonamides is 1. The average Bonchev–Trinajstić information content (AvgIpc) is 2.50. The highest BCUT2D eigenvalue weighted by molar-refractivity contribution is 7.92. The number of amides is 1. The van der Waals surface area contributed by atoms with Crippen molar-refractivity contribution in [3.05, 3.63) is 47.5 Å². The van der Waals surface area contributed by atoms with E-state index in [2.05, 4.69) is 10.0 Å². The zero-order valence-corrected chi connectivity index (χ0v) is 14.8. The smallest absolute Gasteiger partial charge is 0.262 e. The van der Waals surface area contributed by atoms with E-state index in [1.165, 1.54) is 20.1 Å². The van der Waals surface area contributed by atoms with Gasteiger partial charge in [0, 0.05) is 13.0 Å². The summed E-state index contributed by atoms with van der Waals surface area (Å²) in [6.45, 7) is 4.97.